The maximum absolute atomic E-state index is 12.2. The van der Waals surface area contributed by atoms with E-state index in [1.54, 1.807) is 12.1 Å². The fourth-order valence-electron chi connectivity index (χ4n) is 1.67. The predicted octanol–water partition coefficient (Wildman–Crippen LogP) is 2.07. The third kappa shape index (κ3) is 5.61. The first-order valence-corrected chi connectivity index (χ1v) is 6.59. The largest absolute Gasteiger partial charge is 0.399 e. The van der Waals surface area contributed by atoms with Crippen LogP contribution in [0.2, 0.25) is 0 Å². The molecule has 106 valence electrons. The van der Waals surface area contributed by atoms with Gasteiger partial charge >= 0.3 is 6.03 Å². The summed E-state index contributed by atoms with van der Waals surface area (Å²) in [6.07, 6.45) is 0.947. The quantitative estimate of drug-likeness (QED) is 0.773. The minimum Gasteiger partial charge on any atom is -0.399 e. The van der Waals surface area contributed by atoms with Crippen molar-refractivity contribution in [3.63, 3.8) is 0 Å². The number of hydrogen-bond donors (Lipinski definition) is 2. The number of hydrogen-bond acceptors (Lipinski definition) is 3. The zero-order valence-corrected chi connectivity index (χ0v) is 12.0. The van der Waals surface area contributed by atoms with Crippen LogP contribution in [0.25, 0.3) is 0 Å². The number of rotatable bonds is 6. The molecule has 0 aliphatic heterocycles. The molecule has 1 rings (SSSR count). The zero-order valence-electron chi connectivity index (χ0n) is 12.0. The Balaban J connectivity index is 2.58. The van der Waals surface area contributed by atoms with Gasteiger partial charge in [0.05, 0.1) is 0 Å². The van der Waals surface area contributed by atoms with E-state index in [1.807, 2.05) is 31.1 Å². The Hall–Kier alpha value is -1.75. The Kier molecular flexibility index (Phi) is 6.15. The van der Waals surface area contributed by atoms with Crippen LogP contribution in [0.5, 0.6) is 0 Å². The van der Waals surface area contributed by atoms with E-state index in [1.165, 1.54) is 0 Å². The van der Waals surface area contributed by atoms with Crippen LogP contribution < -0.4 is 11.1 Å². The number of amides is 2. The first-order valence-electron chi connectivity index (χ1n) is 6.59. The van der Waals surface area contributed by atoms with Crippen molar-refractivity contribution in [1.29, 1.82) is 0 Å². The molecule has 19 heavy (non-hydrogen) atoms. The summed E-state index contributed by atoms with van der Waals surface area (Å²) >= 11 is 0. The number of benzene rings is 1. The molecule has 0 radical (unpaired) electrons. The maximum atomic E-state index is 12.2. The van der Waals surface area contributed by atoms with Gasteiger partial charge in [0, 0.05) is 31.0 Å². The molecule has 0 spiro atoms. The second-order valence-corrected chi connectivity index (χ2v) is 4.84. The van der Waals surface area contributed by atoms with Crippen LogP contribution in [0.1, 0.15) is 13.3 Å². The fourth-order valence-corrected chi connectivity index (χ4v) is 1.67. The van der Waals surface area contributed by atoms with Crippen molar-refractivity contribution < 1.29 is 4.79 Å². The Morgan fingerprint density at radius 2 is 1.79 bits per heavy atom. The summed E-state index contributed by atoms with van der Waals surface area (Å²) in [6.45, 7) is 4.41. The van der Waals surface area contributed by atoms with Gasteiger partial charge in [0.15, 0.2) is 0 Å². The van der Waals surface area contributed by atoms with Gasteiger partial charge in [0.2, 0.25) is 0 Å². The molecule has 0 aliphatic rings. The molecule has 5 heteroatoms. The molecule has 0 aromatic heterocycles. The number of nitrogens with two attached hydrogens (primary N) is 1. The van der Waals surface area contributed by atoms with Crippen LogP contribution in [-0.4, -0.2) is 49.6 Å². The average molecular weight is 264 g/mol. The van der Waals surface area contributed by atoms with Gasteiger partial charge in [0.1, 0.15) is 0 Å². The van der Waals surface area contributed by atoms with Gasteiger partial charge in [-0.1, -0.05) is 6.92 Å². The lowest BCUT2D eigenvalue weighted by molar-refractivity contribution is 0.205. The van der Waals surface area contributed by atoms with E-state index in [2.05, 4.69) is 17.1 Å². The van der Waals surface area contributed by atoms with Crippen molar-refractivity contribution in [2.24, 2.45) is 0 Å². The fraction of sp³-hybridized carbons (Fsp3) is 0.500. The normalized spacial score (nSPS) is 10.5. The molecule has 1 aromatic carbocycles. The lowest BCUT2D eigenvalue weighted by atomic mass is 10.3. The molecule has 0 aliphatic carbocycles. The predicted molar refractivity (Wildman–Crippen MR) is 80.3 cm³/mol. The van der Waals surface area contributed by atoms with Gasteiger partial charge in [-0.05, 0) is 44.8 Å². The number of carbonyl (C=O) groups is 1. The molecule has 0 fully saturated rings. The minimum atomic E-state index is -0.0616. The van der Waals surface area contributed by atoms with E-state index in [0.29, 0.717) is 5.69 Å². The summed E-state index contributed by atoms with van der Waals surface area (Å²) in [5.41, 5.74) is 7.08. The molecule has 1 aromatic rings. The summed E-state index contributed by atoms with van der Waals surface area (Å²) < 4.78 is 0. The topological polar surface area (TPSA) is 61.6 Å². The molecular weight excluding hydrogens is 240 g/mol. The number of likely N-dealkylation sites (N-methyl/N-ethyl adjacent to an activating group) is 1. The zero-order chi connectivity index (χ0) is 14.3. The monoisotopic (exact) mass is 264 g/mol. The second kappa shape index (κ2) is 7.63. The maximum Gasteiger partial charge on any atom is 0.321 e. The third-order valence-corrected chi connectivity index (χ3v) is 2.76. The lowest BCUT2D eigenvalue weighted by Crippen LogP contribution is -2.39. The number of carbonyl (C=O) groups excluding carboxylic acids is 1. The van der Waals surface area contributed by atoms with Crippen molar-refractivity contribution in [3.05, 3.63) is 24.3 Å². The number of nitrogen functional groups attached to an aromatic ring is 1. The van der Waals surface area contributed by atoms with E-state index in [-0.39, 0.29) is 6.03 Å². The number of urea groups is 1. The first-order chi connectivity index (χ1) is 9.02. The van der Waals surface area contributed by atoms with E-state index < -0.39 is 0 Å². The third-order valence-electron chi connectivity index (χ3n) is 2.76. The van der Waals surface area contributed by atoms with E-state index in [0.717, 1.165) is 31.7 Å². The first kappa shape index (κ1) is 15.3. The number of nitrogens with one attached hydrogen (secondary N) is 1. The van der Waals surface area contributed by atoms with Crippen LogP contribution >= 0.6 is 0 Å². The van der Waals surface area contributed by atoms with Crippen LogP contribution in [0.4, 0.5) is 16.2 Å². The molecule has 0 heterocycles. The van der Waals surface area contributed by atoms with Crippen molar-refractivity contribution >= 4 is 17.4 Å². The Bertz CT molecular complexity index is 389. The van der Waals surface area contributed by atoms with Gasteiger partial charge in [-0.15, -0.1) is 0 Å². The number of nitrogens with zero attached hydrogens (tertiary/aromatic N) is 2. The standard InChI is InChI=1S/C14H24N4O/c1-4-9-18(11-10-17(2)3)14(19)16-13-7-5-12(15)6-8-13/h5-8H,4,9-11,15H2,1-3H3,(H,16,19). The SMILES string of the molecule is CCCN(CCN(C)C)C(=O)Nc1ccc(N)cc1. The molecule has 2 amide bonds. The minimum absolute atomic E-state index is 0.0616. The highest BCUT2D eigenvalue weighted by Crippen LogP contribution is 2.11. The molecule has 0 atom stereocenters. The lowest BCUT2D eigenvalue weighted by Gasteiger charge is -2.24. The van der Waals surface area contributed by atoms with E-state index in [9.17, 15) is 4.79 Å². The summed E-state index contributed by atoms with van der Waals surface area (Å²) in [5.74, 6) is 0. The summed E-state index contributed by atoms with van der Waals surface area (Å²) in [5, 5.41) is 2.89. The highest BCUT2D eigenvalue weighted by molar-refractivity contribution is 5.89. The molecule has 3 N–H and O–H groups in total. The van der Waals surface area contributed by atoms with Gasteiger partial charge in [-0.2, -0.15) is 0 Å². The second-order valence-electron chi connectivity index (χ2n) is 4.84. The Labute approximate surface area is 115 Å². The Morgan fingerprint density at radius 3 is 2.32 bits per heavy atom. The summed E-state index contributed by atoms with van der Waals surface area (Å²) in [7, 11) is 4.00. The van der Waals surface area contributed by atoms with Crippen LogP contribution in [0.3, 0.4) is 0 Å². The van der Waals surface area contributed by atoms with E-state index >= 15 is 0 Å². The molecule has 5 nitrogen and oxygen atoms in total. The Morgan fingerprint density at radius 1 is 1.16 bits per heavy atom. The van der Waals surface area contributed by atoms with Gasteiger partial charge in [0.25, 0.3) is 0 Å². The van der Waals surface area contributed by atoms with Crippen molar-refractivity contribution in [1.82, 2.24) is 9.80 Å². The van der Waals surface area contributed by atoms with Gasteiger partial charge in [-0.3, -0.25) is 0 Å². The number of anilines is 2. The molecule has 0 saturated carbocycles. The van der Waals surface area contributed by atoms with Crippen molar-refractivity contribution in [3.8, 4) is 0 Å². The van der Waals surface area contributed by atoms with Crippen LogP contribution in [0, 0.1) is 0 Å². The van der Waals surface area contributed by atoms with Gasteiger partial charge in [-0.25, -0.2) is 4.79 Å². The smallest absolute Gasteiger partial charge is 0.321 e. The molecule has 0 saturated heterocycles. The van der Waals surface area contributed by atoms with Gasteiger partial charge < -0.3 is 20.9 Å². The molecular formula is C14H24N4O. The summed E-state index contributed by atoms with van der Waals surface area (Å²) in [4.78, 5) is 16.1. The molecule has 0 bridgehead atoms. The summed E-state index contributed by atoms with van der Waals surface area (Å²) in [6, 6.07) is 7.11. The van der Waals surface area contributed by atoms with Crippen molar-refractivity contribution in [2.45, 2.75) is 13.3 Å². The highest BCUT2D eigenvalue weighted by atomic mass is 16.2. The van der Waals surface area contributed by atoms with Crippen molar-refractivity contribution in [2.75, 3.05) is 44.8 Å². The van der Waals surface area contributed by atoms with E-state index in [4.69, 9.17) is 5.73 Å². The van der Waals surface area contributed by atoms with Crippen LogP contribution in [0.15, 0.2) is 24.3 Å². The highest BCUT2D eigenvalue weighted by Gasteiger charge is 2.12. The molecule has 0 unspecified atom stereocenters. The van der Waals surface area contributed by atoms with Crippen LogP contribution in [-0.2, 0) is 0 Å². The average Bonchev–Trinajstić information content (AvgIpc) is 2.37.